The van der Waals surface area contributed by atoms with E-state index in [1.165, 1.54) is 17.7 Å². The molecule has 1 aliphatic carbocycles. The normalized spacial score (nSPS) is 22.3. The van der Waals surface area contributed by atoms with Gasteiger partial charge in [0.05, 0.1) is 5.39 Å². The van der Waals surface area contributed by atoms with Crippen molar-refractivity contribution in [1.29, 1.82) is 0 Å². The third-order valence-electron chi connectivity index (χ3n) is 8.87. The van der Waals surface area contributed by atoms with Gasteiger partial charge < -0.3 is 24.3 Å². The predicted octanol–water partition coefficient (Wildman–Crippen LogP) is 4.16. The second-order valence-corrected chi connectivity index (χ2v) is 11.7. The van der Waals surface area contributed by atoms with Crippen molar-refractivity contribution in [2.45, 2.75) is 44.7 Å². The maximum Gasteiger partial charge on any atom is 0.320 e. The van der Waals surface area contributed by atoms with Gasteiger partial charge in [-0.25, -0.2) is 15.9 Å². The Hall–Kier alpha value is -4.10. The van der Waals surface area contributed by atoms with E-state index in [1.807, 2.05) is 17.0 Å². The number of pyridine rings is 1. The van der Waals surface area contributed by atoms with Crippen LogP contribution in [-0.4, -0.2) is 89.1 Å². The number of nitrogens with zero attached hydrogens (tertiary/aromatic N) is 7. The Morgan fingerprint density at radius 2 is 2.07 bits per heavy atom. The molecule has 0 spiro atoms. The highest BCUT2D eigenvalue weighted by molar-refractivity contribution is 5.90. The standard InChI is InChI=1S/C32H36FN7O2/c1-5-28(41)40-13-12-39(18-23(40)17-34-3)31-26-16-27(33)29(24-10-6-8-21-14-20(2)15-25(21)24)35-30(26)36-32(37-31)42-19-22-9-7-11-38(22)4/h5-6,8,10,16,20,22-23H,1,7,9,11-15,17-19H2,2,4H3/t20?,22-,23-/m0/s1. The molecule has 2 aliphatic heterocycles. The minimum atomic E-state index is -0.431. The summed E-state index contributed by atoms with van der Waals surface area (Å²) < 4.78 is 22.1. The lowest BCUT2D eigenvalue weighted by Crippen LogP contribution is -2.56. The molecule has 2 aromatic heterocycles. The molecule has 9 nitrogen and oxygen atoms in total. The number of aromatic nitrogens is 3. The van der Waals surface area contributed by atoms with E-state index in [9.17, 15) is 4.79 Å². The Kier molecular flexibility index (Phi) is 7.78. The van der Waals surface area contributed by atoms with E-state index in [2.05, 4.69) is 41.3 Å². The quantitative estimate of drug-likeness (QED) is 0.312. The molecule has 0 radical (unpaired) electrons. The van der Waals surface area contributed by atoms with Crippen molar-refractivity contribution >= 4 is 22.8 Å². The van der Waals surface area contributed by atoms with Crippen molar-refractivity contribution < 1.29 is 13.9 Å². The molecule has 2 saturated heterocycles. The van der Waals surface area contributed by atoms with Crippen LogP contribution in [-0.2, 0) is 17.6 Å². The molecule has 42 heavy (non-hydrogen) atoms. The number of rotatable bonds is 7. The van der Waals surface area contributed by atoms with E-state index in [0.717, 1.165) is 43.4 Å². The van der Waals surface area contributed by atoms with E-state index < -0.39 is 5.82 Å². The van der Waals surface area contributed by atoms with Crippen molar-refractivity contribution in [2.24, 2.45) is 5.92 Å². The second-order valence-electron chi connectivity index (χ2n) is 11.7. The zero-order valence-electron chi connectivity index (χ0n) is 24.2. The fourth-order valence-electron chi connectivity index (χ4n) is 6.65. The number of carbonyl (C=O) groups excluding carboxylic acids is 1. The van der Waals surface area contributed by atoms with Crippen molar-refractivity contribution in [3.05, 3.63) is 65.3 Å². The molecule has 1 amide bonds. The second kappa shape index (κ2) is 11.6. The average molecular weight is 570 g/mol. The topological polar surface area (TPSA) is 79.1 Å². The van der Waals surface area contributed by atoms with E-state index in [0.29, 0.717) is 49.0 Å². The van der Waals surface area contributed by atoms with Crippen LogP contribution in [0.3, 0.4) is 0 Å². The summed E-state index contributed by atoms with van der Waals surface area (Å²) in [6.07, 6.45) is 5.30. The van der Waals surface area contributed by atoms with Gasteiger partial charge in [-0.05, 0) is 68.5 Å². The lowest BCUT2D eigenvalue weighted by atomic mass is 9.99. The van der Waals surface area contributed by atoms with Crippen LogP contribution in [0.4, 0.5) is 10.2 Å². The minimum absolute atomic E-state index is 0.144. The summed E-state index contributed by atoms with van der Waals surface area (Å²) in [6.45, 7) is 16.1. The third kappa shape index (κ3) is 5.29. The fourth-order valence-corrected chi connectivity index (χ4v) is 6.65. The number of hydrogen-bond acceptors (Lipinski definition) is 7. The highest BCUT2D eigenvalue weighted by Gasteiger charge is 2.34. The van der Waals surface area contributed by atoms with Crippen LogP contribution < -0.4 is 9.64 Å². The number of carbonyl (C=O) groups is 1. The van der Waals surface area contributed by atoms with Gasteiger partial charge in [0, 0.05) is 31.2 Å². The minimum Gasteiger partial charge on any atom is -0.462 e. The number of hydrogen-bond donors (Lipinski definition) is 0. The van der Waals surface area contributed by atoms with Crippen LogP contribution in [0.1, 0.15) is 30.9 Å². The summed E-state index contributed by atoms with van der Waals surface area (Å²) in [5, 5.41) is 0.479. The Bertz CT molecular complexity index is 1570. The van der Waals surface area contributed by atoms with Crippen LogP contribution in [0, 0.1) is 18.3 Å². The molecule has 2 fully saturated rings. The van der Waals surface area contributed by atoms with E-state index in [4.69, 9.17) is 21.3 Å². The number of likely N-dealkylation sites (tertiary alicyclic amines) is 1. The van der Waals surface area contributed by atoms with Gasteiger partial charge >= 0.3 is 6.01 Å². The van der Waals surface area contributed by atoms with Crippen molar-refractivity contribution in [2.75, 3.05) is 51.3 Å². The van der Waals surface area contributed by atoms with E-state index in [1.54, 1.807) is 4.90 Å². The Morgan fingerprint density at radius 3 is 2.83 bits per heavy atom. The highest BCUT2D eigenvalue weighted by atomic mass is 19.1. The van der Waals surface area contributed by atoms with Gasteiger partial charge in [0.2, 0.25) is 12.5 Å². The first-order valence-corrected chi connectivity index (χ1v) is 14.7. The number of amides is 1. The summed E-state index contributed by atoms with van der Waals surface area (Å²) >= 11 is 0. The SMILES string of the molecule is [C-]#[N+]C[C@H]1CN(c2nc(OC[C@@H]3CCCN3C)nc3nc(-c4cccc5c4CC(C)C5)c(F)cc23)CCN1C(=O)C=C. The number of fused-ring (bicyclic) bond motifs is 2. The van der Waals surface area contributed by atoms with Gasteiger partial charge in [-0.1, -0.05) is 31.7 Å². The number of piperazine rings is 1. The molecule has 218 valence electrons. The molecular formula is C32H36FN7O2. The maximum absolute atomic E-state index is 15.9. The first-order chi connectivity index (χ1) is 20.4. The van der Waals surface area contributed by atoms with Crippen LogP contribution in [0.25, 0.3) is 27.1 Å². The Morgan fingerprint density at radius 1 is 1.21 bits per heavy atom. The molecule has 0 N–H and O–H groups in total. The number of anilines is 1. The molecule has 1 aromatic carbocycles. The average Bonchev–Trinajstić information content (AvgIpc) is 3.59. The molecule has 3 aromatic rings. The molecule has 4 heterocycles. The molecule has 0 saturated carbocycles. The van der Waals surface area contributed by atoms with Crippen molar-refractivity contribution in [3.8, 4) is 17.3 Å². The Balaban J connectivity index is 1.42. The largest absolute Gasteiger partial charge is 0.462 e. The van der Waals surface area contributed by atoms with Crippen molar-refractivity contribution in [3.63, 3.8) is 0 Å². The summed E-state index contributed by atoms with van der Waals surface area (Å²) in [5.74, 6) is 0.366. The third-order valence-corrected chi connectivity index (χ3v) is 8.87. The lowest BCUT2D eigenvalue weighted by Gasteiger charge is -2.39. The molecule has 3 aliphatic rings. The predicted molar refractivity (Wildman–Crippen MR) is 160 cm³/mol. The van der Waals surface area contributed by atoms with Crippen LogP contribution >= 0.6 is 0 Å². The highest BCUT2D eigenvalue weighted by Crippen LogP contribution is 2.37. The van der Waals surface area contributed by atoms with Gasteiger partial charge in [0.25, 0.3) is 0 Å². The van der Waals surface area contributed by atoms with Crippen LogP contribution in [0.5, 0.6) is 6.01 Å². The number of likely N-dealkylation sites (N-methyl/N-ethyl adjacent to an activating group) is 1. The summed E-state index contributed by atoms with van der Waals surface area (Å²) in [5.41, 5.74) is 3.84. The van der Waals surface area contributed by atoms with Gasteiger partial charge in [-0.3, -0.25) is 4.79 Å². The molecule has 0 bridgehead atoms. The first-order valence-electron chi connectivity index (χ1n) is 14.7. The van der Waals surface area contributed by atoms with E-state index >= 15 is 4.39 Å². The molecule has 10 heteroatoms. The van der Waals surface area contributed by atoms with Gasteiger partial charge in [-0.15, -0.1) is 0 Å². The molecule has 6 rings (SSSR count). The summed E-state index contributed by atoms with van der Waals surface area (Å²) in [6, 6.07) is 7.62. The van der Waals surface area contributed by atoms with E-state index in [-0.39, 0.29) is 36.2 Å². The van der Waals surface area contributed by atoms with Gasteiger partial charge in [-0.2, -0.15) is 9.97 Å². The molecule has 1 unspecified atom stereocenters. The zero-order valence-corrected chi connectivity index (χ0v) is 24.2. The summed E-state index contributed by atoms with van der Waals surface area (Å²) in [4.78, 5) is 36.3. The van der Waals surface area contributed by atoms with Crippen LogP contribution in [0.2, 0.25) is 0 Å². The van der Waals surface area contributed by atoms with Crippen molar-refractivity contribution in [1.82, 2.24) is 24.8 Å². The molecule has 3 atom stereocenters. The van der Waals surface area contributed by atoms with Crippen LogP contribution in [0.15, 0.2) is 36.9 Å². The summed E-state index contributed by atoms with van der Waals surface area (Å²) in [7, 11) is 2.09. The first kappa shape index (κ1) is 28.0. The van der Waals surface area contributed by atoms with Gasteiger partial charge in [0.15, 0.2) is 5.65 Å². The zero-order chi connectivity index (χ0) is 29.4. The number of halogens is 1. The Labute approximate surface area is 245 Å². The fraction of sp³-hybridized carbons (Fsp3) is 0.469. The molecular weight excluding hydrogens is 533 g/mol. The monoisotopic (exact) mass is 569 g/mol. The lowest BCUT2D eigenvalue weighted by molar-refractivity contribution is -0.128. The smallest absolute Gasteiger partial charge is 0.320 e. The van der Waals surface area contributed by atoms with Gasteiger partial charge in [0.1, 0.15) is 30.0 Å². The maximum atomic E-state index is 15.9. The number of ether oxygens (including phenoxy) is 1. The number of benzene rings is 1.